The molecule has 0 aliphatic carbocycles. The zero-order chi connectivity index (χ0) is 18.2. The maximum atomic E-state index is 12.5. The number of amides is 1. The van der Waals surface area contributed by atoms with Gasteiger partial charge < -0.3 is 9.64 Å². The molecule has 0 bridgehead atoms. The molecule has 25 heavy (non-hydrogen) atoms. The average Bonchev–Trinajstić information content (AvgIpc) is 2.62. The summed E-state index contributed by atoms with van der Waals surface area (Å²) >= 11 is 6.05. The van der Waals surface area contributed by atoms with E-state index in [1.165, 1.54) is 11.0 Å². The quantitative estimate of drug-likeness (QED) is 0.790. The second-order valence-corrected chi connectivity index (χ2v) is 5.74. The predicted molar refractivity (Wildman–Crippen MR) is 95.4 cm³/mol. The van der Waals surface area contributed by atoms with Gasteiger partial charge in [0.1, 0.15) is 5.75 Å². The second kappa shape index (κ2) is 8.73. The molecule has 0 N–H and O–H groups in total. The molecular formula is C19H16ClN3O2. The highest BCUT2D eigenvalue weighted by molar-refractivity contribution is 6.32. The number of carbonyl (C=O) groups excluding carboxylic acids is 1. The lowest BCUT2D eigenvalue weighted by molar-refractivity contribution is -0.120. The molecule has 0 aliphatic heterocycles. The van der Waals surface area contributed by atoms with Crippen molar-refractivity contribution >= 4 is 23.2 Å². The van der Waals surface area contributed by atoms with Gasteiger partial charge in [0.25, 0.3) is 5.91 Å². The summed E-state index contributed by atoms with van der Waals surface area (Å²) < 4.78 is 5.49. The number of nitriles is 2. The molecule has 5 nitrogen and oxygen atoms in total. The standard InChI is InChI=1S/C19H16ClN3O2/c1-14-3-6-16(7-4-14)23(10-2-9-21)19(24)13-25-18-8-5-15(12-22)11-17(18)20/h3-8,11H,2,10,13H2,1H3. The number of hydrogen-bond acceptors (Lipinski definition) is 4. The topological polar surface area (TPSA) is 77.1 Å². The lowest BCUT2D eigenvalue weighted by atomic mass is 10.2. The van der Waals surface area contributed by atoms with Crippen LogP contribution in [0.1, 0.15) is 17.5 Å². The first-order valence-corrected chi connectivity index (χ1v) is 7.99. The number of hydrogen-bond donors (Lipinski definition) is 0. The molecule has 2 aromatic carbocycles. The number of rotatable bonds is 6. The molecule has 0 saturated heterocycles. The molecule has 0 spiro atoms. The van der Waals surface area contributed by atoms with E-state index in [1.807, 2.05) is 43.3 Å². The Kier molecular flexibility index (Phi) is 6.39. The Morgan fingerprint density at radius 2 is 1.92 bits per heavy atom. The Morgan fingerprint density at radius 1 is 1.20 bits per heavy atom. The van der Waals surface area contributed by atoms with Gasteiger partial charge in [0.15, 0.2) is 6.61 Å². The monoisotopic (exact) mass is 353 g/mol. The van der Waals surface area contributed by atoms with Crippen molar-refractivity contribution in [3.63, 3.8) is 0 Å². The highest BCUT2D eigenvalue weighted by Crippen LogP contribution is 2.25. The number of anilines is 1. The zero-order valence-electron chi connectivity index (χ0n) is 13.7. The summed E-state index contributed by atoms with van der Waals surface area (Å²) in [4.78, 5) is 14.1. The number of benzene rings is 2. The number of nitrogens with zero attached hydrogens (tertiary/aromatic N) is 3. The smallest absolute Gasteiger partial charge is 0.264 e. The molecule has 0 heterocycles. The fraction of sp³-hybridized carbons (Fsp3) is 0.211. The molecule has 0 saturated carbocycles. The van der Waals surface area contributed by atoms with Crippen molar-refractivity contribution in [1.82, 2.24) is 0 Å². The van der Waals surface area contributed by atoms with E-state index in [0.29, 0.717) is 17.0 Å². The maximum absolute atomic E-state index is 12.5. The van der Waals surface area contributed by atoms with Crippen molar-refractivity contribution in [2.75, 3.05) is 18.1 Å². The number of carbonyl (C=O) groups is 1. The van der Waals surface area contributed by atoms with Gasteiger partial charge in [-0.1, -0.05) is 29.3 Å². The van der Waals surface area contributed by atoms with Crippen LogP contribution < -0.4 is 9.64 Å². The normalized spacial score (nSPS) is 9.76. The summed E-state index contributed by atoms with van der Waals surface area (Å²) in [5.41, 5.74) is 2.21. The lowest BCUT2D eigenvalue weighted by Crippen LogP contribution is -2.35. The third-order valence-corrected chi connectivity index (χ3v) is 3.80. The Morgan fingerprint density at radius 3 is 2.52 bits per heavy atom. The average molecular weight is 354 g/mol. The van der Waals surface area contributed by atoms with E-state index >= 15 is 0 Å². The number of ether oxygens (including phenoxy) is 1. The van der Waals surface area contributed by atoms with Crippen molar-refractivity contribution in [2.24, 2.45) is 0 Å². The molecule has 1 amide bonds. The summed E-state index contributed by atoms with van der Waals surface area (Å²) in [6.45, 7) is 2.02. The highest BCUT2D eigenvalue weighted by Gasteiger charge is 2.17. The number of halogens is 1. The van der Waals surface area contributed by atoms with Crippen LogP contribution in [0, 0.1) is 29.6 Å². The minimum Gasteiger partial charge on any atom is -0.482 e. The van der Waals surface area contributed by atoms with E-state index in [4.69, 9.17) is 26.9 Å². The first-order chi connectivity index (χ1) is 12.0. The van der Waals surface area contributed by atoms with Gasteiger partial charge in [0, 0.05) is 12.2 Å². The van der Waals surface area contributed by atoms with Crippen LogP contribution in [-0.2, 0) is 4.79 Å². The molecule has 0 aliphatic rings. The van der Waals surface area contributed by atoms with E-state index in [0.717, 1.165) is 5.56 Å². The maximum Gasteiger partial charge on any atom is 0.264 e. The van der Waals surface area contributed by atoms with Crippen LogP contribution in [0.2, 0.25) is 5.02 Å². The Bertz CT molecular complexity index is 835. The van der Waals surface area contributed by atoms with Crippen LogP contribution in [-0.4, -0.2) is 19.1 Å². The summed E-state index contributed by atoms with van der Waals surface area (Å²) in [5.74, 6) is 0.0534. The molecule has 6 heteroatoms. The summed E-state index contributed by atoms with van der Waals surface area (Å²) in [6, 6.07) is 16.1. The van der Waals surface area contributed by atoms with Crippen LogP contribution in [0.15, 0.2) is 42.5 Å². The third kappa shape index (κ3) is 4.97. The molecule has 2 aromatic rings. The van der Waals surface area contributed by atoms with Gasteiger partial charge in [0.2, 0.25) is 0 Å². The fourth-order valence-corrected chi connectivity index (χ4v) is 2.42. The van der Waals surface area contributed by atoms with Crippen LogP contribution in [0.5, 0.6) is 5.75 Å². The van der Waals surface area contributed by atoms with Gasteiger partial charge in [-0.15, -0.1) is 0 Å². The Labute approximate surface area is 151 Å². The van der Waals surface area contributed by atoms with Crippen molar-refractivity contribution < 1.29 is 9.53 Å². The zero-order valence-corrected chi connectivity index (χ0v) is 14.5. The van der Waals surface area contributed by atoms with E-state index < -0.39 is 0 Å². The lowest BCUT2D eigenvalue weighted by Gasteiger charge is -2.22. The van der Waals surface area contributed by atoms with Crippen LogP contribution in [0.25, 0.3) is 0 Å². The highest BCUT2D eigenvalue weighted by atomic mass is 35.5. The fourth-order valence-electron chi connectivity index (χ4n) is 2.19. The van der Waals surface area contributed by atoms with Gasteiger partial charge in [-0.25, -0.2) is 0 Å². The van der Waals surface area contributed by atoms with Crippen molar-refractivity contribution in [3.8, 4) is 17.9 Å². The van der Waals surface area contributed by atoms with E-state index in [1.54, 1.807) is 12.1 Å². The van der Waals surface area contributed by atoms with Crippen molar-refractivity contribution in [2.45, 2.75) is 13.3 Å². The van der Waals surface area contributed by atoms with Crippen molar-refractivity contribution in [1.29, 1.82) is 10.5 Å². The minimum absolute atomic E-state index is 0.217. The van der Waals surface area contributed by atoms with Crippen LogP contribution >= 0.6 is 11.6 Å². The molecule has 0 fully saturated rings. The SMILES string of the molecule is Cc1ccc(N(CCC#N)C(=O)COc2ccc(C#N)cc2Cl)cc1. The van der Waals surface area contributed by atoms with Gasteiger partial charge in [-0.2, -0.15) is 10.5 Å². The van der Waals surface area contributed by atoms with Crippen LogP contribution in [0.4, 0.5) is 5.69 Å². The van der Waals surface area contributed by atoms with Crippen molar-refractivity contribution in [3.05, 3.63) is 58.6 Å². The minimum atomic E-state index is -0.278. The first kappa shape index (κ1) is 18.3. The largest absolute Gasteiger partial charge is 0.482 e. The van der Waals surface area contributed by atoms with E-state index in [-0.39, 0.29) is 30.5 Å². The molecule has 0 atom stereocenters. The third-order valence-electron chi connectivity index (χ3n) is 3.51. The van der Waals surface area contributed by atoms with Gasteiger partial charge in [0.05, 0.1) is 29.1 Å². The predicted octanol–water partition coefficient (Wildman–Crippen LogP) is 3.85. The molecule has 0 radical (unpaired) electrons. The molecular weight excluding hydrogens is 338 g/mol. The Balaban J connectivity index is 2.10. The summed E-state index contributed by atoms with van der Waals surface area (Å²) in [6.07, 6.45) is 0.219. The summed E-state index contributed by atoms with van der Waals surface area (Å²) in [5, 5.41) is 17.9. The van der Waals surface area contributed by atoms with Gasteiger partial charge >= 0.3 is 0 Å². The van der Waals surface area contributed by atoms with Gasteiger partial charge in [-0.3, -0.25) is 4.79 Å². The first-order valence-electron chi connectivity index (χ1n) is 7.61. The number of aryl methyl sites for hydroxylation is 1. The Hall–Kier alpha value is -3.02. The second-order valence-electron chi connectivity index (χ2n) is 5.33. The van der Waals surface area contributed by atoms with Gasteiger partial charge in [-0.05, 0) is 37.3 Å². The molecule has 126 valence electrons. The van der Waals surface area contributed by atoms with E-state index in [2.05, 4.69) is 0 Å². The van der Waals surface area contributed by atoms with E-state index in [9.17, 15) is 4.79 Å². The van der Waals surface area contributed by atoms with Crippen LogP contribution in [0.3, 0.4) is 0 Å². The molecule has 2 rings (SSSR count). The summed E-state index contributed by atoms with van der Waals surface area (Å²) in [7, 11) is 0. The molecule has 0 unspecified atom stereocenters. The molecule has 0 aromatic heterocycles.